The van der Waals surface area contributed by atoms with Crippen LogP contribution in [0.5, 0.6) is 0 Å². The molecule has 4 N–H and O–H groups in total. The van der Waals surface area contributed by atoms with Crippen molar-refractivity contribution in [1.82, 2.24) is 19.9 Å². The molecular weight excluding hydrogens is 684 g/mol. The van der Waals surface area contributed by atoms with Crippen LogP contribution in [0.3, 0.4) is 0 Å². The fourth-order valence-electron chi connectivity index (χ4n) is 5.85. The van der Waals surface area contributed by atoms with Crippen LogP contribution < -0.4 is 10.6 Å². The summed E-state index contributed by atoms with van der Waals surface area (Å²) < 4.78 is 27.5. The van der Waals surface area contributed by atoms with E-state index in [0.29, 0.717) is 84.8 Å². The van der Waals surface area contributed by atoms with E-state index in [1.54, 1.807) is 0 Å². The van der Waals surface area contributed by atoms with Gasteiger partial charge in [0.2, 0.25) is 0 Å². The van der Waals surface area contributed by atoms with Gasteiger partial charge in [-0.25, -0.2) is 19.7 Å². The molecule has 15 nitrogen and oxygen atoms in total. The third-order valence-electron chi connectivity index (χ3n) is 8.75. The Bertz CT molecular complexity index is 1490. The van der Waals surface area contributed by atoms with Gasteiger partial charge in [-0.1, -0.05) is 24.6 Å². The highest BCUT2D eigenvalue weighted by Gasteiger charge is 2.20. The molecule has 53 heavy (non-hydrogen) atoms. The topological polar surface area (TPSA) is 187 Å². The zero-order valence-electron chi connectivity index (χ0n) is 30.7. The Hall–Kier alpha value is -3.99. The second-order valence-corrected chi connectivity index (χ2v) is 12.8. The normalized spacial score (nSPS) is 13.2. The fraction of sp³-hybridized carbons (Fsp3) is 0.605. The first kappa shape index (κ1) is 41.8. The van der Waals surface area contributed by atoms with Gasteiger partial charge >= 0.3 is 11.9 Å². The maximum Gasteiger partial charge on any atom is 0.326 e. The maximum absolute atomic E-state index is 12.3. The fourth-order valence-corrected chi connectivity index (χ4v) is 5.85. The van der Waals surface area contributed by atoms with E-state index in [4.69, 9.17) is 33.8 Å². The molecule has 1 unspecified atom stereocenters. The second-order valence-electron chi connectivity index (χ2n) is 12.8. The molecule has 2 aromatic heterocycles. The number of pyridine rings is 1. The number of nitrogens with zero attached hydrogens (tertiary/aromatic N) is 4. The molecule has 0 saturated heterocycles. The number of aromatic nitrogens is 3. The first-order valence-electron chi connectivity index (χ1n) is 18.7. The van der Waals surface area contributed by atoms with Crippen molar-refractivity contribution in [1.29, 1.82) is 0 Å². The van der Waals surface area contributed by atoms with E-state index >= 15 is 0 Å². The number of nitrogens with one attached hydrogen (secondary N) is 2. The molecule has 0 fully saturated rings. The van der Waals surface area contributed by atoms with E-state index in [2.05, 4.69) is 37.6 Å². The summed E-state index contributed by atoms with van der Waals surface area (Å²) in [4.78, 5) is 38.5. The Morgan fingerprint density at radius 1 is 0.792 bits per heavy atom. The molecule has 0 amide bonds. The molecule has 1 aliphatic heterocycles. The molecule has 0 spiro atoms. The number of hydrogen-bond donors (Lipinski definition) is 4. The highest BCUT2D eigenvalue weighted by Crippen LogP contribution is 2.21. The number of ether oxygens (including phenoxy) is 5. The number of carbonyl (C=O) groups is 2. The minimum absolute atomic E-state index is 0.0160. The lowest BCUT2D eigenvalue weighted by Crippen LogP contribution is -2.37. The van der Waals surface area contributed by atoms with Crippen LogP contribution in [0, 0.1) is 0 Å². The Balaban J connectivity index is 1.13. The number of anilines is 2. The van der Waals surface area contributed by atoms with Gasteiger partial charge in [-0.05, 0) is 68.8 Å². The third-order valence-corrected chi connectivity index (χ3v) is 8.75. The van der Waals surface area contributed by atoms with Crippen molar-refractivity contribution in [2.45, 2.75) is 57.4 Å². The predicted octanol–water partition coefficient (Wildman–Crippen LogP) is 3.91. The monoisotopic (exact) mass is 740 g/mol. The molecule has 1 atom stereocenters. The average Bonchev–Trinajstić information content (AvgIpc) is 3.16. The molecule has 292 valence electrons. The zero-order chi connectivity index (χ0) is 37.4. The predicted molar refractivity (Wildman–Crippen MR) is 201 cm³/mol. The lowest BCUT2D eigenvalue weighted by atomic mass is 10.1. The summed E-state index contributed by atoms with van der Waals surface area (Å²) in [5.41, 5.74) is 3.17. The molecule has 1 aromatic carbocycles. The number of aryl methyl sites for hydroxylation is 2. The lowest BCUT2D eigenvalue weighted by molar-refractivity contribution is -0.139. The number of aliphatic carboxylic acids is 2. The van der Waals surface area contributed by atoms with Gasteiger partial charge in [-0.3, -0.25) is 4.79 Å². The van der Waals surface area contributed by atoms with Crippen molar-refractivity contribution in [3.05, 3.63) is 54.0 Å². The number of carboxylic acids is 2. The number of hydrogen-bond acceptors (Lipinski definition) is 13. The van der Waals surface area contributed by atoms with Crippen LogP contribution >= 0.6 is 0 Å². The van der Waals surface area contributed by atoms with Crippen molar-refractivity contribution in [2.24, 2.45) is 0 Å². The molecule has 0 aliphatic carbocycles. The largest absolute Gasteiger partial charge is 0.481 e. The third kappa shape index (κ3) is 16.7. The van der Waals surface area contributed by atoms with Crippen LogP contribution in [0.2, 0.25) is 0 Å². The number of carboxylic acid groups (broad SMARTS) is 2. The highest BCUT2D eigenvalue weighted by atomic mass is 16.6. The van der Waals surface area contributed by atoms with Crippen LogP contribution in [-0.4, -0.2) is 140 Å². The van der Waals surface area contributed by atoms with E-state index in [0.717, 1.165) is 74.0 Å². The smallest absolute Gasteiger partial charge is 0.326 e. The van der Waals surface area contributed by atoms with Gasteiger partial charge in [0.05, 0.1) is 78.0 Å². The van der Waals surface area contributed by atoms with Crippen molar-refractivity contribution in [3.8, 4) is 0 Å². The standard InChI is InChI=1S/C38H56N6O9/c45-35(46)14-19-49-21-23-51-25-27-53-28-26-52-24-22-50-20-18-44(16-5-1-2-8-31-12-11-30-7-6-15-39-36(30)42-31)17-13-34(38(47)48)43-37-32-9-3-4-10-33(32)40-29-41-37/h3-4,9-12,29,34H,1-2,5-8,13-28H2,(H,39,42)(H,45,46)(H,47,48)(H,40,41,43). The van der Waals surface area contributed by atoms with E-state index in [1.807, 2.05) is 24.3 Å². The van der Waals surface area contributed by atoms with E-state index in [9.17, 15) is 14.7 Å². The highest BCUT2D eigenvalue weighted by molar-refractivity contribution is 5.90. The van der Waals surface area contributed by atoms with Crippen molar-refractivity contribution in [3.63, 3.8) is 0 Å². The number of benzene rings is 1. The summed E-state index contributed by atoms with van der Waals surface area (Å²) in [6.07, 6.45) is 8.06. The van der Waals surface area contributed by atoms with Gasteiger partial charge in [-0.15, -0.1) is 0 Å². The molecule has 0 bridgehead atoms. The molecule has 3 aromatic rings. The summed E-state index contributed by atoms with van der Waals surface area (Å²) in [6, 6.07) is 11.1. The Morgan fingerprint density at radius 3 is 2.21 bits per heavy atom. The molecule has 4 rings (SSSR count). The Kier molecular flexibility index (Phi) is 19.8. The van der Waals surface area contributed by atoms with Gasteiger partial charge in [-0.2, -0.15) is 0 Å². The van der Waals surface area contributed by atoms with E-state index < -0.39 is 18.0 Å². The zero-order valence-corrected chi connectivity index (χ0v) is 30.7. The molecule has 15 heteroatoms. The molecule has 0 radical (unpaired) electrons. The van der Waals surface area contributed by atoms with Crippen LogP contribution in [0.25, 0.3) is 10.9 Å². The summed E-state index contributed by atoms with van der Waals surface area (Å²) in [7, 11) is 0. The Morgan fingerprint density at radius 2 is 1.49 bits per heavy atom. The van der Waals surface area contributed by atoms with Crippen LogP contribution in [-0.2, 0) is 46.1 Å². The summed E-state index contributed by atoms with van der Waals surface area (Å²) >= 11 is 0. The maximum atomic E-state index is 12.3. The summed E-state index contributed by atoms with van der Waals surface area (Å²) in [6.45, 7) is 7.12. The van der Waals surface area contributed by atoms with Crippen LogP contribution in [0.15, 0.2) is 42.7 Å². The van der Waals surface area contributed by atoms with Crippen LogP contribution in [0.4, 0.5) is 11.6 Å². The van der Waals surface area contributed by atoms with Gasteiger partial charge < -0.3 is 49.4 Å². The number of para-hydroxylation sites is 1. The molecule has 3 heterocycles. The minimum Gasteiger partial charge on any atom is -0.481 e. The Labute approximate surface area is 311 Å². The van der Waals surface area contributed by atoms with Gasteiger partial charge in [0.1, 0.15) is 24.0 Å². The first-order chi connectivity index (χ1) is 26.0. The number of rotatable bonds is 30. The van der Waals surface area contributed by atoms with E-state index in [-0.39, 0.29) is 13.0 Å². The van der Waals surface area contributed by atoms with Gasteiger partial charge in [0.15, 0.2) is 0 Å². The number of unbranched alkanes of at least 4 members (excludes halogenated alkanes) is 2. The summed E-state index contributed by atoms with van der Waals surface area (Å²) in [5, 5.41) is 26.0. The second kappa shape index (κ2) is 25.1. The molecular formula is C38H56N6O9. The van der Waals surface area contributed by atoms with Crippen LogP contribution in [0.1, 0.15) is 49.8 Å². The minimum atomic E-state index is -0.927. The van der Waals surface area contributed by atoms with Crippen molar-refractivity contribution in [2.75, 3.05) is 103 Å². The van der Waals surface area contributed by atoms with Crippen molar-refractivity contribution >= 4 is 34.5 Å². The molecule has 1 aliphatic rings. The average molecular weight is 741 g/mol. The van der Waals surface area contributed by atoms with Gasteiger partial charge in [0, 0.05) is 30.7 Å². The first-order valence-corrected chi connectivity index (χ1v) is 18.7. The van der Waals surface area contributed by atoms with Crippen molar-refractivity contribution < 1.29 is 43.5 Å². The molecule has 0 saturated carbocycles. The summed E-state index contributed by atoms with van der Waals surface area (Å²) in [5.74, 6) is -0.261. The number of fused-ring (bicyclic) bond motifs is 2. The van der Waals surface area contributed by atoms with E-state index in [1.165, 1.54) is 11.9 Å². The SMILES string of the molecule is O=C(O)CCOCCOCCOCCOCCOCCN(CCCCCc1ccc2c(n1)NCCC2)CCC(Nc1ncnc2ccccc12)C(=O)O. The van der Waals surface area contributed by atoms with Gasteiger partial charge in [0.25, 0.3) is 0 Å². The quantitative estimate of drug-likeness (QED) is 0.0721. The lowest BCUT2D eigenvalue weighted by Gasteiger charge is -2.25.